The van der Waals surface area contributed by atoms with Crippen molar-refractivity contribution in [2.45, 2.75) is 32.8 Å². The zero-order chi connectivity index (χ0) is 22.0. The van der Waals surface area contributed by atoms with Gasteiger partial charge < -0.3 is 19.7 Å². The predicted molar refractivity (Wildman–Crippen MR) is 121 cm³/mol. The van der Waals surface area contributed by atoms with Gasteiger partial charge in [-0.1, -0.05) is 12.1 Å². The zero-order valence-electron chi connectivity index (χ0n) is 18.6. The summed E-state index contributed by atoms with van der Waals surface area (Å²) in [5.41, 5.74) is 1.27. The minimum Gasteiger partial charge on any atom is -0.497 e. The maximum atomic E-state index is 12.5. The van der Waals surface area contributed by atoms with Gasteiger partial charge in [0.05, 0.1) is 25.6 Å². The van der Waals surface area contributed by atoms with Crippen molar-refractivity contribution in [3.63, 3.8) is 0 Å². The number of guanidine groups is 1. The number of nitrogens with zero attached hydrogens (tertiary/aromatic N) is 3. The highest BCUT2D eigenvalue weighted by Gasteiger charge is 2.27. The molecule has 1 aromatic carbocycles. The minimum atomic E-state index is -3.28. The molecule has 2 rings (SSSR count). The summed E-state index contributed by atoms with van der Waals surface area (Å²) in [7, 11) is 0.151. The van der Waals surface area contributed by atoms with Crippen molar-refractivity contribution >= 4 is 16.0 Å². The summed E-state index contributed by atoms with van der Waals surface area (Å²) < 4.78 is 37.1. The van der Waals surface area contributed by atoms with Crippen molar-refractivity contribution in [2.75, 3.05) is 59.2 Å². The van der Waals surface area contributed by atoms with Crippen molar-refractivity contribution in [3.05, 3.63) is 29.8 Å². The number of benzene rings is 1. The van der Waals surface area contributed by atoms with Gasteiger partial charge in [-0.15, -0.1) is 0 Å². The van der Waals surface area contributed by atoms with E-state index in [0.29, 0.717) is 26.2 Å². The topological polar surface area (TPSA) is 83.5 Å². The quantitative estimate of drug-likeness (QED) is 0.338. The van der Waals surface area contributed by atoms with E-state index in [0.717, 1.165) is 31.1 Å². The highest BCUT2D eigenvalue weighted by molar-refractivity contribution is 7.89. The van der Waals surface area contributed by atoms with Crippen LogP contribution in [0.25, 0.3) is 0 Å². The Morgan fingerprint density at radius 1 is 1.17 bits per heavy atom. The van der Waals surface area contributed by atoms with Crippen LogP contribution in [-0.4, -0.2) is 88.9 Å². The van der Waals surface area contributed by atoms with Gasteiger partial charge in [-0.25, -0.2) is 8.42 Å². The van der Waals surface area contributed by atoms with E-state index in [1.165, 1.54) is 5.56 Å². The SMILES string of the molecule is CN=C(NCCCc1ccc(OC)cc1)N1CCN(S(=O)(=O)CCOC(C)C)CC1. The average Bonchev–Trinajstić information content (AvgIpc) is 2.74. The number of sulfonamides is 1. The smallest absolute Gasteiger partial charge is 0.216 e. The maximum Gasteiger partial charge on any atom is 0.216 e. The summed E-state index contributed by atoms with van der Waals surface area (Å²) >= 11 is 0. The number of aliphatic imine (C=N–C) groups is 1. The molecule has 1 N–H and O–H groups in total. The molecule has 9 heteroatoms. The molecule has 0 saturated carbocycles. The number of piperazine rings is 1. The third-order valence-electron chi connectivity index (χ3n) is 5.02. The Balaban J connectivity index is 1.72. The summed E-state index contributed by atoms with van der Waals surface area (Å²) in [6.07, 6.45) is 1.99. The third kappa shape index (κ3) is 7.77. The van der Waals surface area contributed by atoms with Crippen molar-refractivity contribution in [2.24, 2.45) is 4.99 Å². The molecule has 0 spiro atoms. The van der Waals surface area contributed by atoms with E-state index >= 15 is 0 Å². The van der Waals surface area contributed by atoms with E-state index in [4.69, 9.17) is 9.47 Å². The molecule has 0 amide bonds. The molecule has 0 aliphatic carbocycles. The monoisotopic (exact) mass is 440 g/mol. The average molecular weight is 441 g/mol. The predicted octanol–water partition coefficient (Wildman–Crippen LogP) is 1.58. The van der Waals surface area contributed by atoms with E-state index in [-0.39, 0.29) is 18.5 Å². The Morgan fingerprint density at radius 3 is 2.40 bits per heavy atom. The van der Waals surface area contributed by atoms with Crippen LogP contribution in [0.4, 0.5) is 0 Å². The van der Waals surface area contributed by atoms with Crippen LogP contribution in [0.2, 0.25) is 0 Å². The zero-order valence-corrected chi connectivity index (χ0v) is 19.5. The lowest BCUT2D eigenvalue weighted by molar-refractivity contribution is 0.0904. The highest BCUT2D eigenvalue weighted by atomic mass is 32.2. The van der Waals surface area contributed by atoms with E-state index in [1.807, 2.05) is 26.0 Å². The molecule has 1 fully saturated rings. The standard InChI is InChI=1S/C21H36N4O4S/c1-18(2)29-16-17-30(26,27)25-14-12-24(13-15-25)21(22-3)23-11-5-6-19-7-9-20(28-4)10-8-19/h7-10,18H,5-6,11-17H2,1-4H3,(H,22,23). The second-order valence-corrected chi connectivity index (χ2v) is 9.64. The molecule has 1 aliphatic heterocycles. The number of nitrogens with one attached hydrogen (secondary N) is 1. The van der Waals surface area contributed by atoms with Gasteiger partial charge in [0, 0.05) is 39.8 Å². The lowest BCUT2D eigenvalue weighted by Crippen LogP contribution is -2.54. The molecule has 30 heavy (non-hydrogen) atoms. The fourth-order valence-corrected chi connectivity index (χ4v) is 4.60. The third-order valence-corrected chi connectivity index (χ3v) is 6.85. The van der Waals surface area contributed by atoms with Gasteiger partial charge in [0.2, 0.25) is 10.0 Å². The number of hydrogen-bond acceptors (Lipinski definition) is 5. The number of hydrogen-bond donors (Lipinski definition) is 1. The number of methoxy groups -OCH3 is 1. The Labute approximate surface area is 181 Å². The highest BCUT2D eigenvalue weighted by Crippen LogP contribution is 2.12. The Hall–Kier alpha value is -1.84. The Bertz CT molecular complexity index is 758. The summed E-state index contributed by atoms with van der Waals surface area (Å²) in [5, 5.41) is 3.40. The number of aryl methyl sites for hydroxylation is 1. The molecule has 1 heterocycles. The molecule has 0 aromatic heterocycles. The van der Waals surface area contributed by atoms with Gasteiger partial charge in [0.15, 0.2) is 5.96 Å². The number of ether oxygens (including phenoxy) is 2. The maximum absolute atomic E-state index is 12.5. The van der Waals surface area contributed by atoms with Crippen molar-refractivity contribution in [1.82, 2.24) is 14.5 Å². The molecule has 170 valence electrons. The van der Waals surface area contributed by atoms with Crippen molar-refractivity contribution < 1.29 is 17.9 Å². The molecule has 1 saturated heterocycles. The molecule has 0 unspecified atom stereocenters. The molecule has 0 bridgehead atoms. The van der Waals surface area contributed by atoms with Crippen molar-refractivity contribution in [1.29, 1.82) is 0 Å². The van der Waals surface area contributed by atoms with Crippen LogP contribution < -0.4 is 10.1 Å². The van der Waals surface area contributed by atoms with Gasteiger partial charge in [-0.3, -0.25) is 4.99 Å². The van der Waals surface area contributed by atoms with Gasteiger partial charge in [0.25, 0.3) is 0 Å². The molecular weight excluding hydrogens is 404 g/mol. The first-order chi connectivity index (χ1) is 14.4. The van der Waals surface area contributed by atoms with Gasteiger partial charge in [0.1, 0.15) is 5.75 Å². The van der Waals surface area contributed by atoms with Crippen LogP contribution in [-0.2, 0) is 21.2 Å². The van der Waals surface area contributed by atoms with Crippen LogP contribution in [0, 0.1) is 0 Å². The minimum absolute atomic E-state index is 0.0313. The van der Waals surface area contributed by atoms with E-state index in [1.54, 1.807) is 18.5 Å². The molecular formula is C21H36N4O4S. The summed E-state index contributed by atoms with van der Waals surface area (Å²) in [4.78, 5) is 6.48. The molecule has 1 aliphatic rings. The van der Waals surface area contributed by atoms with Crippen LogP contribution in [0.5, 0.6) is 5.75 Å². The van der Waals surface area contributed by atoms with E-state index < -0.39 is 10.0 Å². The largest absolute Gasteiger partial charge is 0.497 e. The van der Waals surface area contributed by atoms with E-state index in [9.17, 15) is 8.42 Å². The Morgan fingerprint density at radius 2 is 1.83 bits per heavy atom. The fourth-order valence-electron chi connectivity index (χ4n) is 3.31. The van der Waals surface area contributed by atoms with Gasteiger partial charge in [-0.2, -0.15) is 4.31 Å². The van der Waals surface area contributed by atoms with Crippen LogP contribution in [0.3, 0.4) is 0 Å². The lowest BCUT2D eigenvalue weighted by Gasteiger charge is -2.35. The van der Waals surface area contributed by atoms with Gasteiger partial charge in [-0.05, 0) is 44.4 Å². The first kappa shape index (κ1) is 24.4. The fraction of sp³-hybridized carbons (Fsp3) is 0.667. The first-order valence-corrected chi connectivity index (χ1v) is 12.1. The number of rotatable bonds is 10. The van der Waals surface area contributed by atoms with E-state index in [2.05, 4.69) is 27.3 Å². The molecule has 1 aromatic rings. The molecule has 0 radical (unpaired) electrons. The summed E-state index contributed by atoms with van der Waals surface area (Å²) in [6.45, 7) is 7.04. The second-order valence-electron chi connectivity index (χ2n) is 7.55. The van der Waals surface area contributed by atoms with Crippen molar-refractivity contribution in [3.8, 4) is 5.75 Å². The normalized spacial score (nSPS) is 16.2. The second kappa shape index (κ2) is 12.1. The van der Waals surface area contributed by atoms with Crippen LogP contribution >= 0.6 is 0 Å². The lowest BCUT2D eigenvalue weighted by atomic mass is 10.1. The molecule has 8 nitrogen and oxygen atoms in total. The molecule has 0 atom stereocenters. The first-order valence-electron chi connectivity index (χ1n) is 10.5. The van der Waals surface area contributed by atoms with Crippen LogP contribution in [0.15, 0.2) is 29.3 Å². The van der Waals surface area contributed by atoms with Crippen LogP contribution in [0.1, 0.15) is 25.8 Å². The summed E-state index contributed by atoms with van der Waals surface area (Å²) in [5.74, 6) is 1.72. The van der Waals surface area contributed by atoms with Gasteiger partial charge >= 0.3 is 0 Å². The summed E-state index contributed by atoms with van der Waals surface area (Å²) in [6, 6.07) is 8.12. The Kier molecular flexibility index (Phi) is 9.87.